The Morgan fingerprint density at radius 2 is 2.12 bits per heavy atom. The summed E-state index contributed by atoms with van der Waals surface area (Å²) in [6.07, 6.45) is -0.607. The average Bonchev–Trinajstić information content (AvgIpc) is 2.57. The first-order valence-corrected chi connectivity index (χ1v) is 5.79. The molecule has 1 unspecified atom stereocenters. The highest BCUT2D eigenvalue weighted by molar-refractivity contribution is 9.10. The van der Waals surface area contributed by atoms with E-state index >= 15 is 0 Å². The van der Waals surface area contributed by atoms with Crippen molar-refractivity contribution in [2.75, 3.05) is 11.4 Å². The van der Waals surface area contributed by atoms with E-state index in [2.05, 4.69) is 15.9 Å². The first-order valence-electron chi connectivity index (χ1n) is 4.99. The van der Waals surface area contributed by atoms with E-state index in [9.17, 15) is 14.7 Å². The second-order valence-corrected chi connectivity index (χ2v) is 4.78. The van der Waals surface area contributed by atoms with Gasteiger partial charge in [0, 0.05) is 10.2 Å². The van der Waals surface area contributed by atoms with Crippen LogP contribution < -0.4 is 4.90 Å². The van der Waals surface area contributed by atoms with E-state index in [0.717, 1.165) is 0 Å². The van der Waals surface area contributed by atoms with Gasteiger partial charge in [0.2, 0.25) is 5.91 Å². The summed E-state index contributed by atoms with van der Waals surface area (Å²) in [7, 11) is 0. The van der Waals surface area contributed by atoms with E-state index in [1.54, 1.807) is 6.07 Å². The minimum absolute atomic E-state index is 0.0783. The molecule has 1 aromatic carbocycles. The van der Waals surface area contributed by atoms with Gasteiger partial charge < -0.3 is 15.1 Å². The summed E-state index contributed by atoms with van der Waals surface area (Å²) in [4.78, 5) is 23.9. The molecule has 0 aliphatic carbocycles. The van der Waals surface area contributed by atoms with E-state index in [1.807, 2.05) is 0 Å². The highest BCUT2D eigenvalue weighted by Gasteiger charge is 2.29. The van der Waals surface area contributed by atoms with Crippen molar-refractivity contribution in [1.29, 1.82) is 0 Å². The van der Waals surface area contributed by atoms with Crippen LogP contribution >= 0.6 is 15.9 Å². The smallest absolute Gasteiger partial charge is 0.335 e. The molecule has 1 atom stereocenters. The number of carbonyl (C=O) groups excluding carboxylic acids is 1. The Morgan fingerprint density at radius 1 is 1.41 bits per heavy atom. The van der Waals surface area contributed by atoms with Gasteiger partial charge in [-0.3, -0.25) is 4.79 Å². The van der Waals surface area contributed by atoms with Crippen molar-refractivity contribution < 1.29 is 19.8 Å². The van der Waals surface area contributed by atoms with Gasteiger partial charge in [0.05, 0.1) is 24.6 Å². The van der Waals surface area contributed by atoms with Gasteiger partial charge in [0.15, 0.2) is 0 Å². The fraction of sp³-hybridized carbons (Fsp3) is 0.273. The highest BCUT2D eigenvalue weighted by Crippen LogP contribution is 2.26. The predicted octanol–water partition coefficient (Wildman–Crippen LogP) is 1.24. The van der Waals surface area contributed by atoms with E-state index in [1.165, 1.54) is 17.0 Å². The molecule has 1 fully saturated rings. The Hall–Kier alpha value is -1.40. The Bertz CT molecular complexity index is 488. The van der Waals surface area contributed by atoms with Gasteiger partial charge in [-0.05, 0) is 18.2 Å². The van der Waals surface area contributed by atoms with Gasteiger partial charge in [-0.25, -0.2) is 4.79 Å². The molecule has 1 aliphatic heterocycles. The maximum Gasteiger partial charge on any atom is 0.335 e. The zero-order valence-electron chi connectivity index (χ0n) is 8.76. The lowest BCUT2D eigenvalue weighted by atomic mass is 10.2. The lowest BCUT2D eigenvalue weighted by Crippen LogP contribution is -2.25. The van der Waals surface area contributed by atoms with Gasteiger partial charge in [-0.2, -0.15) is 0 Å². The summed E-state index contributed by atoms with van der Waals surface area (Å²) < 4.78 is 0.585. The molecular weight excluding hydrogens is 290 g/mol. The average molecular weight is 300 g/mol. The van der Waals surface area contributed by atoms with Crippen LogP contribution in [-0.2, 0) is 4.79 Å². The van der Waals surface area contributed by atoms with Crippen LogP contribution in [0.15, 0.2) is 22.7 Å². The number of carboxylic acid groups (broad SMARTS) is 1. The number of hydrogen-bond acceptors (Lipinski definition) is 3. The second kappa shape index (κ2) is 4.46. The third-order valence-corrected chi connectivity index (χ3v) is 3.00. The number of anilines is 1. The molecule has 1 amide bonds. The molecule has 0 saturated carbocycles. The SMILES string of the molecule is O=C(O)c1cc(Br)cc(N2CC(O)CC2=O)c1. The quantitative estimate of drug-likeness (QED) is 0.861. The number of hydrogen-bond donors (Lipinski definition) is 2. The number of amides is 1. The minimum Gasteiger partial charge on any atom is -0.478 e. The summed E-state index contributed by atoms with van der Waals surface area (Å²) in [5.74, 6) is -1.26. The number of benzene rings is 1. The molecule has 2 N–H and O–H groups in total. The number of aliphatic hydroxyl groups excluding tert-OH is 1. The number of carboxylic acids is 1. The van der Waals surface area contributed by atoms with E-state index in [4.69, 9.17) is 5.11 Å². The number of nitrogens with zero attached hydrogens (tertiary/aromatic N) is 1. The lowest BCUT2D eigenvalue weighted by Gasteiger charge is -2.16. The van der Waals surface area contributed by atoms with Gasteiger partial charge in [0.25, 0.3) is 0 Å². The second-order valence-electron chi connectivity index (χ2n) is 3.87. The molecule has 0 radical (unpaired) electrons. The number of β-amino-alcohol motifs (C(OH)–C–C–N with tert-alkyl or cyclic N) is 1. The van der Waals surface area contributed by atoms with Crippen molar-refractivity contribution in [3.63, 3.8) is 0 Å². The van der Waals surface area contributed by atoms with E-state index < -0.39 is 12.1 Å². The lowest BCUT2D eigenvalue weighted by molar-refractivity contribution is -0.117. The van der Waals surface area contributed by atoms with Crippen molar-refractivity contribution in [3.8, 4) is 0 Å². The van der Waals surface area contributed by atoms with Crippen molar-refractivity contribution in [1.82, 2.24) is 0 Å². The normalized spacial score (nSPS) is 19.8. The molecule has 0 aromatic heterocycles. The van der Waals surface area contributed by atoms with Crippen molar-refractivity contribution in [2.45, 2.75) is 12.5 Å². The molecule has 2 rings (SSSR count). The van der Waals surface area contributed by atoms with Gasteiger partial charge in [0.1, 0.15) is 0 Å². The van der Waals surface area contributed by atoms with Crippen LogP contribution in [-0.4, -0.2) is 34.7 Å². The Balaban J connectivity index is 2.39. The van der Waals surface area contributed by atoms with Gasteiger partial charge in [-0.1, -0.05) is 15.9 Å². The molecule has 0 spiro atoms. The fourth-order valence-corrected chi connectivity index (χ4v) is 2.27. The summed E-state index contributed by atoms with van der Waals surface area (Å²) in [6.45, 7) is 0.203. The van der Waals surface area contributed by atoms with E-state index in [-0.39, 0.29) is 24.4 Å². The standard InChI is InChI=1S/C11H10BrNO4/c12-7-1-6(11(16)17)2-8(3-7)13-5-9(14)4-10(13)15/h1-3,9,14H,4-5H2,(H,16,17). The molecule has 17 heavy (non-hydrogen) atoms. The summed E-state index contributed by atoms with van der Waals surface area (Å²) in [6, 6.07) is 4.54. The Kier molecular flexibility index (Phi) is 3.17. The number of aliphatic hydroxyl groups is 1. The van der Waals surface area contributed by atoms with Crippen LogP contribution in [0.2, 0.25) is 0 Å². The Morgan fingerprint density at radius 3 is 2.65 bits per heavy atom. The van der Waals surface area contributed by atoms with Crippen molar-refractivity contribution in [2.24, 2.45) is 0 Å². The summed E-state index contributed by atoms with van der Waals surface area (Å²) >= 11 is 3.20. The number of carbonyl (C=O) groups is 2. The van der Waals surface area contributed by atoms with Gasteiger partial charge >= 0.3 is 5.97 Å². The van der Waals surface area contributed by atoms with Crippen molar-refractivity contribution in [3.05, 3.63) is 28.2 Å². The van der Waals surface area contributed by atoms with Crippen LogP contribution in [0.25, 0.3) is 0 Å². The molecular formula is C11H10BrNO4. The predicted molar refractivity (Wildman–Crippen MR) is 64.1 cm³/mol. The molecule has 1 aromatic rings. The summed E-state index contributed by atoms with van der Waals surface area (Å²) in [5.41, 5.74) is 0.585. The molecule has 1 aliphatic rings. The molecule has 6 heteroatoms. The largest absolute Gasteiger partial charge is 0.478 e. The van der Waals surface area contributed by atoms with Crippen LogP contribution in [0.1, 0.15) is 16.8 Å². The molecule has 1 saturated heterocycles. The first-order chi connectivity index (χ1) is 7.97. The third-order valence-electron chi connectivity index (χ3n) is 2.55. The minimum atomic E-state index is -1.06. The molecule has 0 bridgehead atoms. The Labute approximate surface area is 106 Å². The molecule has 90 valence electrons. The van der Waals surface area contributed by atoms with Crippen LogP contribution in [0.4, 0.5) is 5.69 Å². The molecule has 5 nitrogen and oxygen atoms in total. The van der Waals surface area contributed by atoms with Crippen molar-refractivity contribution >= 4 is 33.5 Å². The van der Waals surface area contributed by atoms with Crippen LogP contribution in [0.3, 0.4) is 0 Å². The summed E-state index contributed by atoms with van der Waals surface area (Å²) in [5, 5.41) is 18.3. The number of halogens is 1. The topological polar surface area (TPSA) is 77.8 Å². The number of aromatic carboxylic acids is 1. The maximum atomic E-state index is 11.6. The molecule has 1 heterocycles. The van der Waals surface area contributed by atoms with E-state index in [0.29, 0.717) is 10.2 Å². The monoisotopic (exact) mass is 299 g/mol. The fourth-order valence-electron chi connectivity index (χ4n) is 1.79. The van der Waals surface area contributed by atoms with Crippen LogP contribution in [0, 0.1) is 0 Å². The number of rotatable bonds is 2. The highest BCUT2D eigenvalue weighted by atomic mass is 79.9. The first kappa shape index (κ1) is 12.1. The zero-order chi connectivity index (χ0) is 12.6. The van der Waals surface area contributed by atoms with Crippen LogP contribution in [0.5, 0.6) is 0 Å². The zero-order valence-corrected chi connectivity index (χ0v) is 10.3. The third kappa shape index (κ3) is 2.48. The van der Waals surface area contributed by atoms with Gasteiger partial charge in [-0.15, -0.1) is 0 Å². The maximum absolute atomic E-state index is 11.6.